The number of halogens is 2. The van der Waals surface area contributed by atoms with Crippen molar-refractivity contribution in [2.45, 2.75) is 38.4 Å². The van der Waals surface area contributed by atoms with Crippen LogP contribution in [0.1, 0.15) is 42.8 Å². The molecular formula is C20H19F2O5-. The number of carboxylic acid groups (broad SMARTS) is 1. The van der Waals surface area contributed by atoms with Gasteiger partial charge in [0.05, 0.1) is 5.56 Å². The number of esters is 1. The van der Waals surface area contributed by atoms with Crippen molar-refractivity contribution in [3.05, 3.63) is 65.7 Å². The molecule has 0 fully saturated rings. The number of carbonyl (C=O) groups excluding carboxylic acids is 2. The molecule has 0 saturated heterocycles. The molecule has 1 atom stereocenters. The number of benzene rings is 2. The van der Waals surface area contributed by atoms with E-state index in [4.69, 9.17) is 9.47 Å². The van der Waals surface area contributed by atoms with E-state index < -0.39 is 29.6 Å². The average Bonchev–Trinajstić information content (AvgIpc) is 2.59. The number of hydrogen-bond donors (Lipinski definition) is 0. The Morgan fingerprint density at radius 3 is 2.00 bits per heavy atom. The molecular weight excluding hydrogens is 358 g/mol. The Kier molecular flexibility index (Phi) is 5.83. The van der Waals surface area contributed by atoms with Crippen molar-refractivity contribution in [3.63, 3.8) is 0 Å². The number of aliphatic carboxylic acids is 1. The molecule has 0 aliphatic rings. The Hall–Kier alpha value is -2.96. The zero-order valence-corrected chi connectivity index (χ0v) is 15.1. The lowest BCUT2D eigenvalue weighted by atomic mass is 10.0. The molecule has 0 heterocycles. The van der Waals surface area contributed by atoms with Gasteiger partial charge in [-0.2, -0.15) is 8.78 Å². The standard InChI is InChI=1S/C20H20F2O5/c1-19(2,3)27-15-11-9-14(10-12-15)17(23)26-16(20(21,22)18(24)25)13-7-5-4-6-8-13/h4-12,16H,1-3H3,(H,24,25)/p-1. The third kappa shape index (κ3) is 5.26. The molecule has 2 rings (SSSR count). The van der Waals surface area contributed by atoms with Gasteiger partial charge < -0.3 is 19.4 Å². The van der Waals surface area contributed by atoms with Crippen LogP contribution in [-0.2, 0) is 9.53 Å². The summed E-state index contributed by atoms with van der Waals surface area (Å²) in [4.78, 5) is 23.1. The van der Waals surface area contributed by atoms with Gasteiger partial charge in [0.1, 0.15) is 17.3 Å². The molecule has 0 bridgehead atoms. The molecule has 0 spiro atoms. The zero-order valence-electron chi connectivity index (χ0n) is 15.1. The second-order valence-corrected chi connectivity index (χ2v) is 6.85. The van der Waals surface area contributed by atoms with E-state index in [1.165, 1.54) is 48.5 Å². The Balaban J connectivity index is 2.25. The molecule has 0 N–H and O–H groups in total. The highest BCUT2D eigenvalue weighted by molar-refractivity contribution is 5.90. The van der Waals surface area contributed by atoms with Crippen LogP contribution in [0.2, 0.25) is 0 Å². The predicted octanol–water partition coefficient (Wildman–Crippen LogP) is 3.15. The molecule has 2 aromatic carbocycles. The van der Waals surface area contributed by atoms with E-state index >= 15 is 0 Å². The first-order valence-electron chi connectivity index (χ1n) is 8.15. The molecule has 1 unspecified atom stereocenters. The molecule has 0 radical (unpaired) electrons. The largest absolute Gasteiger partial charge is 0.544 e. The summed E-state index contributed by atoms with van der Waals surface area (Å²) in [5.74, 6) is -7.63. The fourth-order valence-electron chi connectivity index (χ4n) is 2.27. The van der Waals surface area contributed by atoms with Crippen LogP contribution in [0.25, 0.3) is 0 Å². The van der Waals surface area contributed by atoms with Crippen molar-refractivity contribution >= 4 is 11.9 Å². The van der Waals surface area contributed by atoms with Crippen molar-refractivity contribution in [2.75, 3.05) is 0 Å². The van der Waals surface area contributed by atoms with Gasteiger partial charge in [0.2, 0.25) is 0 Å². The minimum atomic E-state index is -4.40. The van der Waals surface area contributed by atoms with Gasteiger partial charge in [-0.1, -0.05) is 30.3 Å². The topological polar surface area (TPSA) is 75.7 Å². The van der Waals surface area contributed by atoms with E-state index in [9.17, 15) is 23.5 Å². The van der Waals surface area contributed by atoms with Gasteiger partial charge in [-0.3, -0.25) is 0 Å². The van der Waals surface area contributed by atoms with Crippen LogP contribution in [0, 0.1) is 0 Å². The summed E-state index contributed by atoms with van der Waals surface area (Å²) < 4.78 is 38.6. The SMILES string of the molecule is CC(C)(C)Oc1ccc(C(=O)OC(c2ccccc2)C(F)(F)C(=O)[O-])cc1. The van der Waals surface area contributed by atoms with Crippen LogP contribution in [0.3, 0.4) is 0 Å². The van der Waals surface area contributed by atoms with Crippen LogP contribution in [0.15, 0.2) is 54.6 Å². The van der Waals surface area contributed by atoms with Crippen molar-refractivity contribution in [2.24, 2.45) is 0 Å². The number of hydrogen-bond acceptors (Lipinski definition) is 5. The number of ether oxygens (including phenoxy) is 2. The Bertz CT molecular complexity index is 795. The normalized spacial score (nSPS) is 12.9. The number of carboxylic acids is 1. The maximum Gasteiger partial charge on any atom is 0.338 e. The van der Waals surface area contributed by atoms with E-state index in [-0.39, 0.29) is 11.1 Å². The minimum Gasteiger partial charge on any atom is -0.544 e. The highest BCUT2D eigenvalue weighted by atomic mass is 19.3. The average molecular weight is 377 g/mol. The lowest BCUT2D eigenvalue weighted by Gasteiger charge is -2.27. The zero-order chi connectivity index (χ0) is 20.2. The van der Waals surface area contributed by atoms with Crippen molar-refractivity contribution in [3.8, 4) is 5.75 Å². The number of alkyl halides is 2. The van der Waals surface area contributed by atoms with Crippen LogP contribution >= 0.6 is 0 Å². The first-order chi connectivity index (χ1) is 12.5. The highest BCUT2D eigenvalue weighted by Crippen LogP contribution is 2.35. The Morgan fingerprint density at radius 2 is 1.52 bits per heavy atom. The van der Waals surface area contributed by atoms with Gasteiger partial charge in [0.15, 0.2) is 6.10 Å². The maximum atomic E-state index is 14.1. The quantitative estimate of drug-likeness (QED) is 0.723. The van der Waals surface area contributed by atoms with Gasteiger partial charge in [0, 0.05) is 0 Å². The predicted molar refractivity (Wildman–Crippen MR) is 91.4 cm³/mol. The van der Waals surface area contributed by atoms with Crippen LogP contribution in [-0.4, -0.2) is 23.5 Å². The summed E-state index contributed by atoms with van der Waals surface area (Å²) in [6.07, 6.45) is -2.32. The van der Waals surface area contributed by atoms with Gasteiger partial charge in [-0.25, -0.2) is 4.79 Å². The second-order valence-electron chi connectivity index (χ2n) is 6.85. The molecule has 0 amide bonds. The van der Waals surface area contributed by atoms with Gasteiger partial charge in [-0.15, -0.1) is 0 Å². The number of rotatable bonds is 6. The van der Waals surface area contributed by atoms with Gasteiger partial charge in [-0.05, 0) is 50.6 Å². The van der Waals surface area contributed by atoms with Crippen molar-refractivity contribution in [1.29, 1.82) is 0 Å². The smallest absolute Gasteiger partial charge is 0.338 e. The van der Waals surface area contributed by atoms with Crippen molar-refractivity contribution in [1.82, 2.24) is 0 Å². The molecule has 144 valence electrons. The van der Waals surface area contributed by atoms with Gasteiger partial charge >= 0.3 is 11.9 Å². The van der Waals surface area contributed by atoms with Gasteiger partial charge in [0.25, 0.3) is 0 Å². The van der Waals surface area contributed by atoms with E-state index in [0.717, 1.165) is 0 Å². The molecule has 7 heteroatoms. The summed E-state index contributed by atoms with van der Waals surface area (Å²) >= 11 is 0. The minimum absolute atomic E-state index is 0.0219. The maximum absolute atomic E-state index is 14.1. The number of carbonyl (C=O) groups is 2. The Morgan fingerprint density at radius 1 is 0.963 bits per heavy atom. The van der Waals surface area contributed by atoms with Crippen LogP contribution < -0.4 is 9.84 Å². The summed E-state index contributed by atoms with van der Waals surface area (Å²) in [5.41, 5.74) is -0.629. The molecule has 0 aliphatic heterocycles. The lowest BCUT2D eigenvalue weighted by Crippen LogP contribution is -2.47. The molecule has 0 saturated carbocycles. The summed E-state index contributed by atoms with van der Waals surface area (Å²) in [7, 11) is 0. The van der Waals surface area contributed by atoms with E-state index in [0.29, 0.717) is 5.75 Å². The monoisotopic (exact) mass is 377 g/mol. The van der Waals surface area contributed by atoms with E-state index in [1.807, 2.05) is 20.8 Å². The fraction of sp³-hybridized carbons (Fsp3) is 0.300. The molecule has 27 heavy (non-hydrogen) atoms. The molecule has 0 aromatic heterocycles. The molecule has 5 nitrogen and oxygen atoms in total. The summed E-state index contributed by atoms with van der Waals surface area (Å²) in [5, 5.41) is 10.9. The lowest BCUT2D eigenvalue weighted by molar-refractivity contribution is -0.336. The third-order valence-corrected chi connectivity index (χ3v) is 3.44. The first-order valence-corrected chi connectivity index (χ1v) is 8.15. The van der Waals surface area contributed by atoms with Crippen LogP contribution in [0.4, 0.5) is 8.78 Å². The molecule has 0 aliphatic carbocycles. The van der Waals surface area contributed by atoms with E-state index in [2.05, 4.69) is 0 Å². The summed E-state index contributed by atoms with van der Waals surface area (Å²) in [6, 6.07) is 12.6. The van der Waals surface area contributed by atoms with Crippen LogP contribution in [0.5, 0.6) is 5.75 Å². The first kappa shape index (κ1) is 20.4. The van der Waals surface area contributed by atoms with E-state index in [1.54, 1.807) is 6.07 Å². The third-order valence-electron chi connectivity index (χ3n) is 3.44. The van der Waals surface area contributed by atoms with Crippen molar-refractivity contribution < 1.29 is 33.0 Å². The summed E-state index contributed by atoms with van der Waals surface area (Å²) in [6.45, 7) is 5.55. The Labute approximate surface area is 155 Å². The highest BCUT2D eigenvalue weighted by Gasteiger charge is 2.45. The fourth-order valence-corrected chi connectivity index (χ4v) is 2.27. The second kappa shape index (κ2) is 7.73. The molecule has 2 aromatic rings.